The number of halogens is 2. The molecule has 0 heterocycles. The molecule has 1 atom stereocenters. The van der Waals surface area contributed by atoms with E-state index in [1.165, 1.54) is 6.92 Å². The Hall–Kier alpha value is -1.98. The number of hydrogen-bond donors (Lipinski definition) is 2. The monoisotopic (exact) mass is 243 g/mol. The van der Waals surface area contributed by atoms with Crippen molar-refractivity contribution in [2.75, 3.05) is 0 Å². The first-order valence-electron chi connectivity index (χ1n) is 4.85. The Morgan fingerprint density at radius 1 is 1.29 bits per heavy atom. The Labute approximate surface area is 96.3 Å². The average Bonchev–Trinajstić information content (AvgIpc) is 2.14. The molecule has 2 N–H and O–H groups in total. The van der Waals surface area contributed by atoms with Gasteiger partial charge in [0.2, 0.25) is 5.91 Å². The lowest BCUT2D eigenvalue weighted by Crippen LogP contribution is -2.39. The SMILES string of the molecule is C[C@@H](NC(=O)Cc1cc(F)cc(F)c1)C(=O)O. The van der Waals surface area contributed by atoms with E-state index in [1.807, 2.05) is 0 Å². The lowest BCUT2D eigenvalue weighted by molar-refractivity contribution is -0.141. The van der Waals surface area contributed by atoms with Crippen LogP contribution in [-0.2, 0) is 16.0 Å². The van der Waals surface area contributed by atoms with Crippen LogP contribution in [0.5, 0.6) is 0 Å². The molecule has 0 spiro atoms. The van der Waals surface area contributed by atoms with Gasteiger partial charge >= 0.3 is 5.97 Å². The zero-order valence-electron chi connectivity index (χ0n) is 9.04. The molecule has 0 aliphatic carbocycles. The van der Waals surface area contributed by atoms with Gasteiger partial charge in [-0.15, -0.1) is 0 Å². The van der Waals surface area contributed by atoms with Crippen molar-refractivity contribution in [1.29, 1.82) is 0 Å². The molecule has 0 aromatic heterocycles. The number of carboxylic acids is 1. The fraction of sp³-hybridized carbons (Fsp3) is 0.273. The van der Waals surface area contributed by atoms with Crippen LogP contribution in [0.4, 0.5) is 8.78 Å². The van der Waals surface area contributed by atoms with Crippen molar-refractivity contribution in [1.82, 2.24) is 5.32 Å². The van der Waals surface area contributed by atoms with Crippen molar-refractivity contribution in [2.45, 2.75) is 19.4 Å². The Balaban J connectivity index is 2.65. The highest BCUT2D eigenvalue weighted by Crippen LogP contribution is 2.08. The number of nitrogens with one attached hydrogen (secondary N) is 1. The molecule has 92 valence electrons. The van der Waals surface area contributed by atoms with Gasteiger partial charge in [-0.1, -0.05) is 0 Å². The summed E-state index contributed by atoms with van der Waals surface area (Å²) in [4.78, 5) is 21.8. The van der Waals surface area contributed by atoms with Gasteiger partial charge in [-0.25, -0.2) is 8.78 Å². The van der Waals surface area contributed by atoms with Crippen LogP contribution < -0.4 is 5.32 Å². The normalized spacial score (nSPS) is 11.9. The zero-order chi connectivity index (χ0) is 13.0. The molecular formula is C11H11F2NO3. The van der Waals surface area contributed by atoms with Gasteiger partial charge in [0.05, 0.1) is 6.42 Å². The number of rotatable bonds is 4. The summed E-state index contributed by atoms with van der Waals surface area (Å²) in [5.41, 5.74) is 0.151. The van der Waals surface area contributed by atoms with Crippen LogP contribution in [0.25, 0.3) is 0 Å². The molecule has 0 fully saturated rings. The number of carboxylic acid groups (broad SMARTS) is 1. The molecular weight excluding hydrogens is 232 g/mol. The van der Waals surface area contributed by atoms with E-state index in [0.717, 1.165) is 12.1 Å². The van der Waals surface area contributed by atoms with Crippen LogP contribution in [-0.4, -0.2) is 23.0 Å². The number of aliphatic carboxylic acids is 1. The van der Waals surface area contributed by atoms with Crippen molar-refractivity contribution in [2.24, 2.45) is 0 Å². The second kappa shape index (κ2) is 5.38. The Morgan fingerprint density at radius 2 is 1.82 bits per heavy atom. The summed E-state index contributed by atoms with van der Waals surface area (Å²) in [6.45, 7) is 1.30. The van der Waals surface area contributed by atoms with Crippen molar-refractivity contribution in [3.63, 3.8) is 0 Å². The number of carbonyl (C=O) groups excluding carboxylic acids is 1. The second-order valence-electron chi connectivity index (χ2n) is 3.58. The highest BCUT2D eigenvalue weighted by atomic mass is 19.1. The minimum Gasteiger partial charge on any atom is -0.480 e. The molecule has 1 amide bonds. The average molecular weight is 243 g/mol. The van der Waals surface area contributed by atoms with E-state index in [9.17, 15) is 18.4 Å². The fourth-order valence-corrected chi connectivity index (χ4v) is 1.25. The van der Waals surface area contributed by atoms with Gasteiger partial charge in [0, 0.05) is 6.07 Å². The fourth-order valence-electron chi connectivity index (χ4n) is 1.25. The smallest absolute Gasteiger partial charge is 0.325 e. The summed E-state index contributed by atoms with van der Waals surface area (Å²) in [6.07, 6.45) is -0.272. The summed E-state index contributed by atoms with van der Waals surface area (Å²) < 4.78 is 25.6. The summed E-state index contributed by atoms with van der Waals surface area (Å²) in [6, 6.07) is 1.70. The Morgan fingerprint density at radius 3 is 2.29 bits per heavy atom. The molecule has 0 saturated heterocycles. The van der Waals surface area contributed by atoms with Gasteiger partial charge in [-0.3, -0.25) is 9.59 Å². The zero-order valence-corrected chi connectivity index (χ0v) is 9.04. The highest BCUT2D eigenvalue weighted by molar-refractivity contribution is 5.84. The molecule has 0 saturated carbocycles. The molecule has 0 aliphatic rings. The molecule has 6 heteroatoms. The standard InChI is InChI=1S/C11H11F2NO3/c1-6(11(16)17)14-10(15)4-7-2-8(12)5-9(13)3-7/h2-3,5-6H,4H2,1H3,(H,14,15)(H,16,17)/t6-/m1/s1. The van der Waals surface area contributed by atoms with E-state index < -0.39 is 29.6 Å². The highest BCUT2D eigenvalue weighted by Gasteiger charge is 2.14. The maximum Gasteiger partial charge on any atom is 0.325 e. The third-order valence-electron chi connectivity index (χ3n) is 2.03. The number of carbonyl (C=O) groups is 2. The van der Waals surface area contributed by atoms with E-state index in [4.69, 9.17) is 5.11 Å². The molecule has 1 rings (SSSR count). The predicted molar refractivity (Wildman–Crippen MR) is 55.3 cm³/mol. The number of benzene rings is 1. The minimum atomic E-state index is -1.18. The molecule has 0 unspecified atom stereocenters. The van der Waals surface area contributed by atoms with Gasteiger partial charge in [-0.2, -0.15) is 0 Å². The van der Waals surface area contributed by atoms with E-state index in [-0.39, 0.29) is 12.0 Å². The van der Waals surface area contributed by atoms with Crippen LogP contribution in [0.1, 0.15) is 12.5 Å². The number of hydrogen-bond acceptors (Lipinski definition) is 2. The minimum absolute atomic E-state index is 0.151. The maximum absolute atomic E-state index is 12.8. The van der Waals surface area contributed by atoms with Crippen LogP contribution >= 0.6 is 0 Å². The van der Waals surface area contributed by atoms with Crippen molar-refractivity contribution in [3.05, 3.63) is 35.4 Å². The van der Waals surface area contributed by atoms with Gasteiger partial charge in [0.15, 0.2) is 0 Å². The second-order valence-corrected chi connectivity index (χ2v) is 3.58. The summed E-state index contributed by atoms with van der Waals surface area (Å²) >= 11 is 0. The van der Waals surface area contributed by atoms with Gasteiger partial charge in [0.25, 0.3) is 0 Å². The summed E-state index contributed by atoms with van der Waals surface area (Å²) in [5, 5.41) is 10.7. The van der Waals surface area contributed by atoms with Gasteiger partial charge < -0.3 is 10.4 Å². The lowest BCUT2D eigenvalue weighted by atomic mass is 10.1. The molecule has 0 radical (unpaired) electrons. The van der Waals surface area contributed by atoms with E-state index in [2.05, 4.69) is 5.32 Å². The molecule has 17 heavy (non-hydrogen) atoms. The molecule has 1 aromatic carbocycles. The van der Waals surface area contributed by atoms with E-state index >= 15 is 0 Å². The van der Waals surface area contributed by atoms with Crippen molar-refractivity contribution < 1.29 is 23.5 Å². The van der Waals surface area contributed by atoms with Crippen molar-refractivity contribution in [3.8, 4) is 0 Å². The van der Waals surface area contributed by atoms with E-state index in [1.54, 1.807) is 0 Å². The maximum atomic E-state index is 12.8. The summed E-state index contributed by atoms with van der Waals surface area (Å²) in [5.74, 6) is -3.34. The first-order valence-corrected chi connectivity index (χ1v) is 4.85. The molecule has 0 aliphatic heterocycles. The summed E-state index contributed by atoms with van der Waals surface area (Å²) in [7, 11) is 0. The Bertz CT molecular complexity index is 428. The van der Waals surface area contributed by atoms with E-state index in [0.29, 0.717) is 6.07 Å². The largest absolute Gasteiger partial charge is 0.480 e. The third kappa shape index (κ3) is 4.18. The van der Waals surface area contributed by atoms with Gasteiger partial charge in [0.1, 0.15) is 17.7 Å². The molecule has 1 aromatic rings. The first kappa shape index (κ1) is 13.1. The molecule has 4 nitrogen and oxygen atoms in total. The quantitative estimate of drug-likeness (QED) is 0.832. The van der Waals surface area contributed by atoms with Crippen LogP contribution in [0, 0.1) is 11.6 Å². The first-order chi connectivity index (χ1) is 7.88. The van der Waals surface area contributed by atoms with Gasteiger partial charge in [-0.05, 0) is 24.6 Å². The van der Waals surface area contributed by atoms with Crippen LogP contribution in [0.3, 0.4) is 0 Å². The Kier molecular flexibility index (Phi) is 4.14. The van der Waals surface area contributed by atoms with Crippen molar-refractivity contribution >= 4 is 11.9 Å². The van der Waals surface area contributed by atoms with Crippen LogP contribution in [0.2, 0.25) is 0 Å². The number of amides is 1. The lowest BCUT2D eigenvalue weighted by Gasteiger charge is -2.09. The molecule has 0 bridgehead atoms. The predicted octanol–water partition coefficient (Wildman–Crippen LogP) is 1.10. The van der Waals surface area contributed by atoms with Crippen LogP contribution in [0.15, 0.2) is 18.2 Å². The topological polar surface area (TPSA) is 66.4 Å². The third-order valence-corrected chi connectivity index (χ3v) is 2.03.